The van der Waals surface area contributed by atoms with E-state index in [1.165, 1.54) is 27.9 Å². The van der Waals surface area contributed by atoms with E-state index >= 15 is 0 Å². The molecule has 1 aromatic heterocycles. The van der Waals surface area contributed by atoms with Gasteiger partial charge < -0.3 is 14.8 Å². The van der Waals surface area contributed by atoms with Gasteiger partial charge in [0.25, 0.3) is 5.56 Å². The average molecular weight is 521 g/mol. The Morgan fingerprint density at radius 3 is 2.58 bits per heavy atom. The summed E-state index contributed by atoms with van der Waals surface area (Å²) in [4.78, 5) is 26.5. The van der Waals surface area contributed by atoms with Crippen LogP contribution < -0.4 is 76.1 Å². The molecule has 0 radical (unpaired) electrons. The van der Waals surface area contributed by atoms with E-state index in [1.807, 2.05) is 24.3 Å². The number of aliphatic carboxylic acids is 1. The largest absolute Gasteiger partial charge is 1.00 e. The maximum absolute atomic E-state index is 13.1. The van der Waals surface area contributed by atoms with Crippen LogP contribution in [0.1, 0.15) is 42.7 Å². The Morgan fingerprint density at radius 2 is 1.89 bits per heavy atom. The summed E-state index contributed by atoms with van der Waals surface area (Å²) < 4.78 is 1.70. The molecular weight excluding hydrogens is 499 g/mol. The van der Waals surface area contributed by atoms with Gasteiger partial charge in [-0.3, -0.25) is 9.36 Å². The summed E-state index contributed by atoms with van der Waals surface area (Å²) in [6, 6.07) is 20.6. The third-order valence-corrected chi connectivity index (χ3v) is 7.87. The number of carbonyl (C=O) groups excluding carboxylic acids is 1. The minimum absolute atomic E-state index is 0. The van der Waals surface area contributed by atoms with Crippen molar-refractivity contribution in [3.05, 3.63) is 79.2 Å². The van der Waals surface area contributed by atoms with Crippen molar-refractivity contribution in [2.24, 2.45) is 0 Å². The molecule has 0 amide bonds. The Hall–Kier alpha value is -2.50. The van der Waals surface area contributed by atoms with Crippen molar-refractivity contribution in [3.8, 4) is 12.1 Å². The number of anilines is 2. The van der Waals surface area contributed by atoms with Crippen LogP contribution in [0, 0.1) is 22.7 Å². The van der Waals surface area contributed by atoms with Gasteiger partial charge in [0.1, 0.15) is 16.8 Å². The number of hydrogen-bond acceptors (Lipinski definition) is 7. The zero-order valence-corrected chi connectivity index (χ0v) is 23.7. The van der Waals surface area contributed by atoms with Crippen molar-refractivity contribution in [2.75, 3.05) is 4.90 Å². The van der Waals surface area contributed by atoms with Gasteiger partial charge in [-0.15, -0.1) is 11.3 Å². The molecule has 1 saturated carbocycles. The summed E-state index contributed by atoms with van der Waals surface area (Å²) in [6.07, 6.45) is 4.79. The van der Waals surface area contributed by atoms with Gasteiger partial charge in [-0.2, -0.15) is 10.5 Å². The summed E-state index contributed by atoms with van der Waals surface area (Å²) in [6.45, 7) is -0.159. The van der Waals surface area contributed by atoms with Crippen LogP contribution in [0.4, 0.5) is 11.4 Å². The summed E-state index contributed by atoms with van der Waals surface area (Å²) in [5.74, 6) is -0.878. The molecule has 9 heteroatoms. The number of carbonyl (C=O) groups is 1. The third-order valence-electron chi connectivity index (χ3n) is 6.74. The van der Waals surface area contributed by atoms with Gasteiger partial charge in [0, 0.05) is 42.3 Å². The molecule has 1 aliphatic heterocycles. The van der Waals surface area contributed by atoms with Crippen LogP contribution in [0.5, 0.6) is 0 Å². The fraction of sp³-hybridized carbons (Fsp3) is 0.259. The van der Waals surface area contributed by atoms with E-state index in [9.17, 15) is 25.2 Å². The molecule has 2 aliphatic rings. The third kappa shape index (κ3) is 4.88. The maximum Gasteiger partial charge on any atom is 1.00 e. The number of nitrogens with zero attached hydrogens (tertiary/aromatic N) is 4. The Labute approximate surface area is 254 Å². The number of rotatable bonds is 5. The van der Waals surface area contributed by atoms with Crippen molar-refractivity contribution in [2.45, 2.75) is 44.2 Å². The first-order valence-electron chi connectivity index (χ1n) is 11.5. The molecule has 2 unspecified atom stereocenters. The first-order valence-corrected chi connectivity index (χ1v) is 12.3. The standard InChI is InChI=1S/C27H22N4O3S.K/c28-15-18(16-29)27-30(12-11-25(32)33)26(34)24(35-27)14-17-9-10-23-21(13-17)20-7-4-8-22(20)31(23)19-5-2-1-3-6-19;/h1-3,5-6,9-10,13-14,20,22H,4,7-8,11-12H2,(H,32,33);/q;+1/p-1/b24-14-;. The summed E-state index contributed by atoms with van der Waals surface area (Å²) in [5.41, 5.74) is 3.85. The molecule has 174 valence electrons. The normalized spacial score (nSPS) is 18.1. The van der Waals surface area contributed by atoms with Crippen molar-refractivity contribution >= 4 is 40.3 Å². The molecule has 1 aliphatic carbocycles. The number of carboxylic acids is 1. The molecule has 2 aromatic carbocycles. The SMILES string of the molecule is N#CC(C#N)=c1s/c(=C\c2ccc3c(c2)C2CCCC2N3c2ccccc2)c(=O)n1CCC(=O)[O-].[K+]. The van der Waals surface area contributed by atoms with Crippen LogP contribution in [-0.4, -0.2) is 16.6 Å². The van der Waals surface area contributed by atoms with E-state index in [2.05, 4.69) is 29.2 Å². The minimum Gasteiger partial charge on any atom is -0.550 e. The molecular formula is C27H21KN4O3S. The number of benzene rings is 2. The molecule has 0 bridgehead atoms. The second-order valence-corrected chi connectivity index (χ2v) is 9.75. The zero-order chi connectivity index (χ0) is 24.5. The van der Waals surface area contributed by atoms with Gasteiger partial charge in [-0.25, -0.2) is 0 Å². The number of aromatic nitrogens is 1. The van der Waals surface area contributed by atoms with E-state index in [0.29, 0.717) is 16.5 Å². The molecule has 5 rings (SSSR count). The topological polar surface area (TPSA) is 113 Å². The second kappa shape index (κ2) is 11.3. The van der Waals surface area contributed by atoms with Crippen LogP contribution in [0.25, 0.3) is 11.6 Å². The number of para-hydroxylation sites is 1. The molecule has 3 aromatic rings. The summed E-state index contributed by atoms with van der Waals surface area (Å²) in [7, 11) is 0. The fourth-order valence-electron chi connectivity index (χ4n) is 5.27. The summed E-state index contributed by atoms with van der Waals surface area (Å²) in [5, 5.41) is 29.6. The quantitative estimate of drug-likeness (QED) is 0.394. The predicted octanol–water partition coefficient (Wildman–Crippen LogP) is -1.13. The molecule has 0 N–H and O–H groups in total. The van der Waals surface area contributed by atoms with Gasteiger partial charge in [0.05, 0.1) is 4.53 Å². The van der Waals surface area contributed by atoms with Crippen LogP contribution in [0.15, 0.2) is 53.3 Å². The van der Waals surface area contributed by atoms with Crippen LogP contribution in [0.2, 0.25) is 0 Å². The van der Waals surface area contributed by atoms with E-state index in [4.69, 9.17) is 0 Å². The van der Waals surface area contributed by atoms with E-state index in [0.717, 1.165) is 29.7 Å². The molecule has 0 spiro atoms. The number of fused-ring (bicyclic) bond motifs is 3. The van der Waals surface area contributed by atoms with Crippen molar-refractivity contribution < 1.29 is 61.3 Å². The number of carboxylic acid groups (broad SMARTS) is 1. The molecule has 36 heavy (non-hydrogen) atoms. The van der Waals surface area contributed by atoms with Crippen LogP contribution in [0.3, 0.4) is 0 Å². The Balaban J connectivity index is 0.00000304. The van der Waals surface area contributed by atoms with Gasteiger partial charge >= 0.3 is 51.4 Å². The molecule has 0 saturated heterocycles. The predicted molar refractivity (Wildman–Crippen MR) is 131 cm³/mol. The average Bonchev–Trinajstić information content (AvgIpc) is 3.53. The Kier molecular flexibility index (Phi) is 8.31. The van der Waals surface area contributed by atoms with E-state index in [-0.39, 0.29) is 74.6 Å². The second-order valence-electron chi connectivity index (χ2n) is 8.72. The minimum atomic E-state index is -1.30. The Morgan fingerprint density at radius 1 is 1.14 bits per heavy atom. The molecule has 1 fully saturated rings. The van der Waals surface area contributed by atoms with Gasteiger partial charge in [-0.1, -0.05) is 30.7 Å². The monoisotopic (exact) mass is 520 g/mol. The van der Waals surface area contributed by atoms with Gasteiger partial charge in [0.15, 0.2) is 5.57 Å². The van der Waals surface area contributed by atoms with Crippen LogP contribution >= 0.6 is 11.3 Å². The first-order chi connectivity index (χ1) is 17.0. The molecule has 7 nitrogen and oxygen atoms in total. The van der Waals surface area contributed by atoms with Crippen LogP contribution in [-0.2, 0) is 11.3 Å². The maximum atomic E-state index is 13.1. The van der Waals surface area contributed by atoms with Crippen molar-refractivity contribution in [3.63, 3.8) is 0 Å². The number of nitriles is 2. The van der Waals surface area contributed by atoms with E-state index < -0.39 is 11.5 Å². The summed E-state index contributed by atoms with van der Waals surface area (Å²) >= 11 is 1.03. The van der Waals surface area contributed by atoms with Gasteiger partial charge in [-0.05, 0) is 54.3 Å². The van der Waals surface area contributed by atoms with Gasteiger partial charge in [0.2, 0.25) is 0 Å². The van der Waals surface area contributed by atoms with E-state index in [1.54, 1.807) is 18.2 Å². The molecule has 2 atom stereocenters. The van der Waals surface area contributed by atoms with Crippen molar-refractivity contribution in [1.29, 1.82) is 10.5 Å². The Bertz CT molecular complexity index is 1560. The first kappa shape index (κ1) is 26.6. The fourth-order valence-corrected chi connectivity index (χ4v) is 6.35. The number of thiazole rings is 1. The van der Waals surface area contributed by atoms with Crippen molar-refractivity contribution in [1.82, 2.24) is 4.57 Å². The molecule has 2 heterocycles. The smallest absolute Gasteiger partial charge is 0.550 e. The zero-order valence-electron chi connectivity index (χ0n) is 19.8. The number of hydrogen-bond donors (Lipinski definition) is 0.